The van der Waals surface area contributed by atoms with Crippen LogP contribution in [0.3, 0.4) is 0 Å². The van der Waals surface area contributed by atoms with Gasteiger partial charge < -0.3 is 0 Å². The smallest absolute Gasteiger partial charge is 0.0759 e. The molecule has 0 nitrogen and oxygen atoms in total. The molecule has 2 atom stereocenters. The van der Waals surface area contributed by atoms with Gasteiger partial charge in [0.1, 0.15) is 0 Å². The second-order valence-electron chi connectivity index (χ2n) is 3.15. The topological polar surface area (TPSA) is 0 Å². The standard InChI is InChI=1S/C8H13B/c1-6(2)7-4-3-5-8(7)9/h3,5-8H,4H2,1-2H3/t7-,8+/m0/s1. The van der Waals surface area contributed by atoms with E-state index in [0.717, 1.165) is 5.92 Å². The second kappa shape index (κ2) is 2.59. The first-order chi connectivity index (χ1) is 4.22. The maximum atomic E-state index is 5.79. The molecular weight excluding hydrogens is 107 g/mol. The van der Waals surface area contributed by atoms with Crippen LogP contribution in [0.15, 0.2) is 12.2 Å². The normalized spacial score (nSPS) is 34.1. The predicted molar refractivity (Wildman–Crippen MR) is 41.6 cm³/mol. The zero-order valence-corrected chi connectivity index (χ0v) is 6.17. The molecule has 1 rings (SSSR count). The van der Waals surface area contributed by atoms with Gasteiger partial charge in [-0.3, -0.25) is 0 Å². The quantitative estimate of drug-likeness (QED) is 0.367. The van der Waals surface area contributed by atoms with Gasteiger partial charge in [-0.1, -0.05) is 31.8 Å². The van der Waals surface area contributed by atoms with Gasteiger partial charge in [0.15, 0.2) is 0 Å². The summed E-state index contributed by atoms with van der Waals surface area (Å²) in [4.78, 5) is 0. The molecule has 0 saturated carbocycles. The average molecular weight is 120 g/mol. The molecule has 2 radical (unpaired) electrons. The van der Waals surface area contributed by atoms with Crippen LogP contribution in [0.2, 0.25) is 5.82 Å². The lowest BCUT2D eigenvalue weighted by Crippen LogP contribution is -2.09. The summed E-state index contributed by atoms with van der Waals surface area (Å²) >= 11 is 0. The highest BCUT2D eigenvalue weighted by molar-refractivity contribution is 6.13. The zero-order valence-electron chi connectivity index (χ0n) is 6.17. The maximum absolute atomic E-state index is 5.79. The van der Waals surface area contributed by atoms with E-state index < -0.39 is 0 Å². The summed E-state index contributed by atoms with van der Waals surface area (Å²) in [6.45, 7) is 4.47. The molecule has 0 aromatic heterocycles. The average Bonchev–Trinajstić information content (AvgIpc) is 2.13. The Hall–Kier alpha value is -0.195. The molecule has 0 aromatic rings. The van der Waals surface area contributed by atoms with Crippen molar-refractivity contribution in [3.8, 4) is 0 Å². The highest BCUT2D eigenvalue weighted by Crippen LogP contribution is 2.33. The van der Waals surface area contributed by atoms with Crippen LogP contribution in [0.5, 0.6) is 0 Å². The lowest BCUT2D eigenvalue weighted by atomic mass is 9.74. The van der Waals surface area contributed by atoms with Gasteiger partial charge in [0.2, 0.25) is 0 Å². The van der Waals surface area contributed by atoms with Gasteiger partial charge in [-0.05, 0) is 18.3 Å². The van der Waals surface area contributed by atoms with Crippen LogP contribution in [0.4, 0.5) is 0 Å². The highest BCUT2D eigenvalue weighted by atomic mass is 14.2. The van der Waals surface area contributed by atoms with Crippen molar-refractivity contribution in [1.29, 1.82) is 0 Å². The molecule has 0 spiro atoms. The Balaban J connectivity index is 2.45. The minimum Gasteiger partial charge on any atom is -0.0938 e. The number of rotatable bonds is 1. The molecular formula is C8H13B. The summed E-state index contributed by atoms with van der Waals surface area (Å²) in [5.41, 5.74) is 0. The Morgan fingerprint density at radius 2 is 2.22 bits per heavy atom. The summed E-state index contributed by atoms with van der Waals surface area (Å²) in [5, 5.41) is 0. The summed E-state index contributed by atoms with van der Waals surface area (Å²) in [6.07, 6.45) is 5.48. The molecule has 1 heteroatoms. The van der Waals surface area contributed by atoms with Crippen LogP contribution in [0, 0.1) is 11.8 Å². The van der Waals surface area contributed by atoms with Crippen molar-refractivity contribution in [2.75, 3.05) is 0 Å². The molecule has 0 amide bonds. The van der Waals surface area contributed by atoms with E-state index in [1.54, 1.807) is 0 Å². The van der Waals surface area contributed by atoms with Crippen molar-refractivity contribution in [2.24, 2.45) is 11.8 Å². The van der Waals surface area contributed by atoms with Gasteiger partial charge in [0.25, 0.3) is 0 Å². The van der Waals surface area contributed by atoms with Gasteiger partial charge in [-0.15, -0.1) is 0 Å². The number of hydrogen-bond acceptors (Lipinski definition) is 0. The molecule has 0 bridgehead atoms. The zero-order chi connectivity index (χ0) is 6.85. The molecule has 1 aliphatic rings. The van der Waals surface area contributed by atoms with E-state index in [1.165, 1.54) is 6.42 Å². The summed E-state index contributed by atoms with van der Waals surface area (Å²) < 4.78 is 0. The fraction of sp³-hybridized carbons (Fsp3) is 0.750. The molecule has 48 valence electrons. The minimum atomic E-state index is 0.324. The van der Waals surface area contributed by atoms with E-state index in [-0.39, 0.29) is 0 Å². The molecule has 0 fully saturated rings. The lowest BCUT2D eigenvalue weighted by molar-refractivity contribution is 0.409. The first-order valence-electron chi connectivity index (χ1n) is 3.64. The SMILES string of the molecule is [B][C@@H]1C=CC[C@H]1C(C)C. The van der Waals surface area contributed by atoms with Gasteiger partial charge in [-0.2, -0.15) is 0 Å². The van der Waals surface area contributed by atoms with Crippen LogP contribution in [0.1, 0.15) is 20.3 Å². The van der Waals surface area contributed by atoms with E-state index >= 15 is 0 Å². The number of allylic oxidation sites excluding steroid dienone is 2. The largest absolute Gasteiger partial charge is 0.0938 e. The molecule has 0 heterocycles. The highest BCUT2D eigenvalue weighted by Gasteiger charge is 2.20. The first kappa shape index (κ1) is 6.92. The van der Waals surface area contributed by atoms with Crippen molar-refractivity contribution in [3.05, 3.63) is 12.2 Å². The lowest BCUT2D eigenvalue weighted by Gasteiger charge is -2.19. The fourth-order valence-electron chi connectivity index (χ4n) is 1.41. The maximum Gasteiger partial charge on any atom is 0.0759 e. The molecule has 0 saturated heterocycles. The van der Waals surface area contributed by atoms with Crippen molar-refractivity contribution in [3.63, 3.8) is 0 Å². The predicted octanol–water partition coefficient (Wildman–Crippen LogP) is 2.18. The van der Waals surface area contributed by atoms with E-state index in [9.17, 15) is 0 Å². The Morgan fingerprint density at radius 1 is 1.56 bits per heavy atom. The summed E-state index contributed by atoms with van der Waals surface area (Å²) in [7, 11) is 5.79. The van der Waals surface area contributed by atoms with Gasteiger partial charge in [0.05, 0.1) is 7.85 Å². The van der Waals surface area contributed by atoms with Crippen molar-refractivity contribution >= 4 is 7.85 Å². The Bertz CT molecular complexity index is 116. The van der Waals surface area contributed by atoms with E-state index in [1.807, 2.05) is 0 Å². The molecule has 0 unspecified atom stereocenters. The van der Waals surface area contributed by atoms with Crippen molar-refractivity contribution in [1.82, 2.24) is 0 Å². The van der Waals surface area contributed by atoms with Crippen LogP contribution in [-0.4, -0.2) is 7.85 Å². The number of hydrogen-bond donors (Lipinski definition) is 0. The monoisotopic (exact) mass is 120 g/mol. The third-order valence-electron chi connectivity index (χ3n) is 2.12. The molecule has 0 aromatic carbocycles. The Labute approximate surface area is 58.8 Å². The third-order valence-corrected chi connectivity index (χ3v) is 2.12. The van der Waals surface area contributed by atoms with E-state index in [2.05, 4.69) is 26.0 Å². The van der Waals surface area contributed by atoms with E-state index in [0.29, 0.717) is 11.7 Å². The molecule has 1 aliphatic carbocycles. The van der Waals surface area contributed by atoms with E-state index in [4.69, 9.17) is 7.85 Å². The fourth-order valence-corrected chi connectivity index (χ4v) is 1.41. The van der Waals surface area contributed by atoms with Crippen molar-refractivity contribution in [2.45, 2.75) is 26.1 Å². The molecule has 9 heavy (non-hydrogen) atoms. The Kier molecular flexibility index (Phi) is 1.99. The van der Waals surface area contributed by atoms with Crippen molar-refractivity contribution < 1.29 is 0 Å². The molecule has 0 aliphatic heterocycles. The van der Waals surface area contributed by atoms with Gasteiger partial charge in [-0.25, -0.2) is 0 Å². The van der Waals surface area contributed by atoms with Gasteiger partial charge >= 0.3 is 0 Å². The van der Waals surface area contributed by atoms with Crippen LogP contribution in [-0.2, 0) is 0 Å². The van der Waals surface area contributed by atoms with Gasteiger partial charge in [0, 0.05) is 0 Å². The van der Waals surface area contributed by atoms with Crippen LogP contribution in [0.25, 0.3) is 0 Å². The van der Waals surface area contributed by atoms with Crippen LogP contribution < -0.4 is 0 Å². The first-order valence-corrected chi connectivity index (χ1v) is 3.64. The molecule has 0 N–H and O–H groups in total. The Morgan fingerprint density at radius 3 is 2.44 bits per heavy atom. The third kappa shape index (κ3) is 1.38. The van der Waals surface area contributed by atoms with Crippen LogP contribution >= 0.6 is 0 Å². The second-order valence-corrected chi connectivity index (χ2v) is 3.15. The summed E-state index contributed by atoms with van der Waals surface area (Å²) in [6, 6.07) is 0. The minimum absolute atomic E-state index is 0.324. The summed E-state index contributed by atoms with van der Waals surface area (Å²) in [5.74, 6) is 1.75.